The summed E-state index contributed by atoms with van der Waals surface area (Å²) in [6, 6.07) is 4.58. The van der Waals surface area contributed by atoms with Gasteiger partial charge in [-0.15, -0.1) is 0 Å². The van der Waals surface area contributed by atoms with Crippen LogP contribution in [0.5, 0.6) is 0 Å². The van der Waals surface area contributed by atoms with Crippen molar-refractivity contribution in [3.8, 4) is 0 Å². The maximum Gasteiger partial charge on any atom is 0.0248 e. The minimum Gasteiger partial charge on any atom is -0.0795 e. The highest BCUT2D eigenvalue weighted by Crippen LogP contribution is 2.31. The summed E-state index contributed by atoms with van der Waals surface area (Å²) in [6.45, 7) is 2.28. The number of hydrogen-bond acceptors (Lipinski definition) is 0. The summed E-state index contributed by atoms with van der Waals surface area (Å²) in [7, 11) is 0. The van der Waals surface area contributed by atoms with Crippen molar-refractivity contribution in [2.24, 2.45) is 0 Å². The van der Waals surface area contributed by atoms with Crippen molar-refractivity contribution in [1.82, 2.24) is 0 Å². The van der Waals surface area contributed by atoms with Crippen molar-refractivity contribution in [3.63, 3.8) is 0 Å². The van der Waals surface area contributed by atoms with E-state index in [2.05, 4.69) is 47.1 Å². The van der Waals surface area contributed by atoms with Gasteiger partial charge in [0.2, 0.25) is 0 Å². The number of rotatable bonds is 8. The molecule has 2 rings (SSSR count). The zero-order chi connectivity index (χ0) is 13.5. The molecule has 0 radical (unpaired) electrons. The number of aryl methyl sites for hydroxylation is 1. The monoisotopic (exact) mass is 320 g/mol. The number of benzene rings is 1. The van der Waals surface area contributed by atoms with Gasteiger partial charge in [0.05, 0.1) is 0 Å². The Labute approximate surface area is 126 Å². The molecule has 0 aliphatic heterocycles. The Kier molecular flexibility index (Phi) is 6.16. The van der Waals surface area contributed by atoms with Crippen LogP contribution in [0.25, 0.3) is 6.08 Å². The minimum atomic E-state index is 1.10. The van der Waals surface area contributed by atoms with Crippen molar-refractivity contribution in [2.75, 3.05) is 0 Å². The number of halogens is 1. The molecule has 0 saturated heterocycles. The second-order valence-corrected chi connectivity index (χ2v) is 6.38. The number of allylic oxidation sites excluding steroid dienone is 1. The number of hydrogen-bond donors (Lipinski definition) is 0. The lowest BCUT2D eigenvalue weighted by atomic mass is 10.0. The predicted octanol–water partition coefficient (Wildman–Crippen LogP) is 6.31. The third-order valence-corrected chi connectivity index (χ3v) is 5.02. The van der Waals surface area contributed by atoms with Gasteiger partial charge in [0.15, 0.2) is 0 Å². The first kappa shape index (κ1) is 14.8. The van der Waals surface area contributed by atoms with Crippen LogP contribution in [0.3, 0.4) is 0 Å². The molecule has 0 bridgehead atoms. The highest BCUT2D eigenvalue weighted by atomic mass is 79.9. The summed E-state index contributed by atoms with van der Waals surface area (Å²) in [5.41, 5.74) is 4.38. The summed E-state index contributed by atoms with van der Waals surface area (Å²) < 4.78 is 1.36. The van der Waals surface area contributed by atoms with Crippen LogP contribution in [0.15, 0.2) is 22.7 Å². The average Bonchev–Trinajstić information content (AvgIpc) is 2.89. The van der Waals surface area contributed by atoms with E-state index in [1.807, 2.05) is 0 Å². The summed E-state index contributed by atoms with van der Waals surface area (Å²) in [4.78, 5) is 0. The summed E-state index contributed by atoms with van der Waals surface area (Å²) in [5, 5.41) is 0. The fourth-order valence-corrected chi connectivity index (χ4v) is 3.54. The Bertz CT molecular complexity index is 432. The van der Waals surface area contributed by atoms with E-state index >= 15 is 0 Å². The van der Waals surface area contributed by atoms with E-state index in [1.54, 1.807) is 0 Å². The molecule has 1 aromatic rings. The Morgan fingerprint density at radius 2 is 1.74 bits per heavy atom. The molecule has 0 unspecified atom stereocenters. The molecule has 0 heterocycles. The van der Waals surface area contributed by atoms with E-state index in [1.165, 1.54) is 72.5 Å². The fourth-order valence-electron chi connectivity index (χ4n) is 2.82. The van der Waals surface area contributed by atoms with Gasteiger partial charge < -0.3 is 0 Å². The molecular formula is C18H25Br. The molecule has 0 nitrogen and oxygen atoms in total. The van der Waals surface area contributed by atoms with E-state index in [4.69, 9.17) is 0 Å². The Balaban J connectivity index is 1.72. The van der Waals surface area contributed by atoms with Gasteiger partial charge in [0, 0.05) is 4.47 Å². The van der Waals surface area contributed by atoms with Gasteiger partial charge in [0.25, 0.3) is 0 Å². The molecule has 19 heavy (non-hydrogen) atoms. The summed E-state index contributed by atoms with van der Waals surface area (Å²) in [6.07, 6.45) is 16.5. The van der Waals surface area contributed by atoms with Crippen molar-refractivity contribution in [2.45, 2.75) is 64.7 Å². The standard InChI is InChI=1S/C18H25Br/c1-2-3-4-5-6-7-8-10-16-14-13-15-11-9-12-17(15)18(16)19/h9,11,13-14H,2-8,10,12H2,1H3. The summed E-state index contributed by atoms with van der Waals surface area (Å²) >= 11 is 3.80. The number of fused-ring (bicyclic) bond motifs is 1. The maximum atomic E-state index is 3.80. The largest absolute Gasteiger partial charge is 0.0795 e. The predicted molar refractivity (Wildman–Crippen MR) is 88.6 cm³/mol. The van der Waals surface area contributed by atoms with E-state index in [-0.39, 0.29) is 0 Å². The lowest BCUT2D eigenvalue weighted by Gasteiger charge is -2.09. The lowest BCUT2D eigenvalue weighted by Crippen LogP contribution is -1.93. The van der Waals surface area contributed by atoms with Crippen molar-refractivity contribution in [1.29, 1.82) is 0 Å². The van der Waals surface area contributed by atoms with E-state index in [0.29, 0.717) is 0 Å². The van der Waals surface area contributed by atoms with Crippen LogP contribution in [0.2, 0.25) is 0 Å². The SMILES string of the molecule is CCCCCCCCCc1ccc2c(c1Br)CC=C2. The van der Waals surface area contributed by atoms with Crippen LogP contribution >= 0.6 is 15.9 Å². The highest BCUT2D eigenvalue weighted by Gasteiger charge is 2.11. The van der Waals surface area contributed by atoms with Crippen molar-refractivity contribution >= 4 is 22.0 Å². The van der Waals surface area contributed by atoms with Crippen molar-refractivity contribution in [3.05, 3.63) is 39.4 Å². The van der Waals surface area contributed by atoms with E-state index in [0.717, 1.165) is 6.42 Å². The Hall–Kier alpha value is -0.560. The zero-order valence-electron chi connectivity index (χ0n) is 12.1. The molecule has 1 aliphatic carbocycles. The molecular weight excluding hydrogens is 296 g/mol. The Morgan fingerprint density at radius 3 is 2.53 bits per heavy atom. The molecule has 1 aliphatic rings. The van der Waals surface area contributed by atoms with Crippen LogP contribution < -0.4 is 0 Å². The molecule has 0 atom stereocenters. The highest BCUT2D eigenvalue weighted by molar-refractivity contribution is 9.10. The van der Waals surface area contributed by atoms with Gasteiger partial charge in [0.1, 0.15) is 0 Å². The molecule has 0 N–H and O–H groups in total. The maximum absolute atomic E-state index is 3.80. The van der Waals surface area contributed by atoms with E-state index in [9.17, 15) is 0 Å². The van der Waals surface area contributed by atoms with E-state index < -0.39 is 0 Å². The molecule has 104 valence electrons. The van der Waals surface area contributed by atoms with Gasteiger partial charge >= 0.3 is 0 Å². The molecule has 0 saturated carbocycles. The third-order valence-electron chi connectivity index (χ3n) is 4.03. The van der Waals surface area contributed by atoms with Gasteiger partial charge in [-0.3, -0.25) is 0 Å². The van der Waals surface area contributed by atoms with Crippen LogP contribution in [0.4, 0.5) is 0 Å². The number of unbranched alkanes of at least 4 members (excludes halogenated alkanes) is 6. The van der Waals surface area contributed by atoms with Crippen LogP contribution in [0, 0.1) is 0 Å². The fraction of sp³-hybridized carbons (Fsp3) is 0.556. The second kappa shape index (κ2) is 7.89. The van der Waals surface area contributed by atoms with Gasteiger partial charge in [-0.25, -0.2) is 0 Å². The van der Waals surface area contributed by atoms with Crippen LogP contribution in [-0.2, 0) is 12.8 Å². The quantitative estimate of drug-likeness (QED) is 0.492. The topological polar surface area (TPSA) is 0 Å². The van der Waals surface area contributed by atoms with Gasteiger partial charge in [-0.05, 0) is 36.0 Å². The van der Waals surface area contributed by atoms with Gasteiger partial charge in [-0.2, -0.15) is 0 Å². The normalized spacial score (nSPS) is 12.9. The van der Waals surface area contributed by atoms with Gasteiger partial charge in [-0.1, -0.05) is 85.7 Å². The van der Waals surface area contributed by atoms with Crippen LogP contribution in [-0.4, -0.2) is 0 Å². The molecule has 0 aromatic heterocycles. The first-order valence-electron chi connectivity index (χ1n) is 7.79. The molecule has 1 heteroatoms. The molecule has 0 spiro atoms. The zero-order valence-corrected chi connectivity index (χ0v) is 13.6. The Morgan fingerprint density at radius 1 is 1.00 bits per heavy atom. The minimum absolute atomic E-state index is 1.10. The average molecular weight is 321 g/mol. The summed E-state index contributed by atoms with van der Waals surface area (Å²) in [5.74, 6) is 0. The smallest absolute Gasteiger partial charge is 0.0248 e. The first-order chi connectivity index (χ1) is 9.33. The molecule has 0 fully saturated rings. The molecule has 0 amide bonds. The van der Waals surface area contributed by atoms with Crippen LogP contribution in [0.1, 0.15) is 68.6 Å². The lowest BCUT2D eigenvalue weighted by molar-refractivity contribution is 0.589. The molecule has 1 aromatic carbocycles. The first-order valence-corrected chi connectivity index (χ1v) is 8.59. The van der Waals surface area contributed by atoms with Crippen molar-refractivity contribution < 1.29 is 0 Å². The second-order valence-electron chi connectivity index (χ2n) is 5.58. The third kappa shape index (κ3) is 4.21.